The highest BCUT2D eigenvalue weighted by Gasteiger charge is 2.10. The lowest BCUT2D eigenvalue weighted by Gasteiger charge is -2.12. The summed E-state index contributed by atoms with van der Waals surface area (Å²) in [6, 6.07) is 8.07. The molecule has 3 heteroatoms. The standard InChI is InChI=1S/C11H13ClO2/c1-9-2-4-10(5-3-9)11(6-12)7-14-8-13/h2-5,8,11H,6-7H2,1H3/t11-/m1/s1. The fraction of sp³-hybridized carbons (Fsp3) is 0.364. The van der Waals surface area contributed by atoms with Crippen LogP contribution in [0.2, 0.25) is 0 Å². The highest BCUT2D eigenvalue weighted by Crippen LogP contribution is 2.18. The molecule has 1 rings (SSSR count). The van der Waals surface area contributed by atoms with Crippen LogP contribution in [-0.2, 0) is 9.53 Å². The second-order valence-corrected chi connectivity index (χ2v) is 3.50. The second-order valence-electron chi connectivity index (χ2n) is 3.19. The zero-order valence-electron chi connectivity index (χ0n) is 8.07. The SMILES string of the molecule is Cc1ccc([C@H](CCl)COC=O)cc1. The molecule has 0 unspecified atom stereocenters. The van der Waals surface area contributed by atoms with E-state index in [-0.39, 0.29) is 5.92 Å². The average Bonchev–Trinajstić information content (AvgIpc) is 2.21. The molecule has 2 nitrogen and oxygen atoms in total. The van der Waals surface area contributed by atoms with Crippen LogP contribution < -0.4 is 0 Å². The van der Waals surface area contributed by atoms with E-state index in [1.54, 1.807) is 0 Å². The summed E-state index contributed by atoms with van der Waals surface area (Å²) in [6.45, 7) is 2.82. The van der Waals surface area contributed by atoms with E-state index in [4.69, 9.17) is 16.3 Å². The van der Waals surface area contributed by atoms with Crippen LogP contribution in [0.4, 0.5) is 0 Å². The first-order valence-corrected chi connectivity index (χ1v) is 4.99. The van der Waals surface area contributed by atoms with E-state index in [1.807, 2.05) is 31.2 Å². The maximum absolute atomic E-state index is 10.0. The number of carbonyl (C=O) groups excluding carboxylic acids is 1. The van der Waals surface area contributed by atoms with Gasteiger partial charge in [-0.05, 0) is 12.5 Å². The Morgan fingerprint density at radius 2 is 2.07 bits per heavy atom. The topological polar surface area (TPSA) is 26.3 Å². The fourth-order valence-corrected chi connectivity index (χ4v) is 1.49. The van der Waals surface area contributed by atoms with Crippen LogP contribution in [0.1, 0.15) is 17.0 Å². The van der Waals surface area contributed by atoms with Crippen molar-refractivity contribution in [2.45, 2.75) is 12.8 Å². The third-order valence-corrected chi connectivity index (χ3v) is 2.47. The van der Waals surface area contributed by atoms with Crippen LogP contribution in [-0.4, -0.2) is 19.0 Å². The molecule has 0 heterocycles. The third kappa shape index (κ3) is 3.04. The highest BCUT2D eigenvalue weighted by atomic mass is 35.5. The average molecular weight is 213 g/mol. The van der Waals surface area contributed by atoms with E-state index < -0.39 is 0 Å². The smallest absolute Gasteiger partial charge is 0.293 e. The van der Waals surface area contributed by atoms with Gasteiger partial charge in [-0.25, -0.2) is 0 Å². The van der Waals surface area contributed by atoms with Crippen molar-refractivity contribution in [2.75, 3.05) is 12.5 Å². The summed E-state index contributed by atoms with van der Waals surface area (Å²) < 4.78 is 4.71. The van der Waals surface area contributed by atoms with E-state index in [0.717, 1.165) is 5.56 Å². The molecule has 0 fully saturated rings. The van der Waals surface area contributed by atoms with Crippen molar-refractivity contribution in [2.24, 2.45) is 0 Å². The number of hydrogen-bond donors (Lipinski definition) is 0. The minimum Gasteiger partial charge on any atom is -0.467 e. The minimum absolute atomic E-state index is 0.0856. The molecule has 1 aromatic carbocycles. The van der Waals surface area contributed by atoms with Crippen molar-refractivity contribution < 1.29 is 9.53 Å². The molecule has 0 aliphatic carbocycles. The Morgan fingerprint density at radius 1 is 1.43 bits per heavy atom. The third-order valence-electron chi connectivity index (χ3n) is 2.10. The largest absolute Gasteiger partial charge is 0.467 e. The Hall–Kier alpha value is -1.02. The van der Waals surface area contributed by atoms with E-state index in [0.29, 0.717) is 19.0 Å². The molecule has 0 radical (unpaired) electrons. The predicted molar refractivity (Wildman–Crippen MR) is 56.7 cm³/mol. The Kier molecular flexibility index (Phi) is 4.47. The summed E-state index contributed by atoms with van der Waals surface area (Å²) in [7, 11) is 0. The first kappa shape index (κ1) is 11.1. The Labute approximate surface area is 88.8 Å². The van der Waals surface area contributed by atoms with Crippen LogP contribution >= 0.6 is 11.6 Å². The van der Waals surface area contributed by atoms with Gasteiger partial charge in [0.05, 0.1) is 6.61 Å². The zero-order valence-corrected chi connectivity index (χ0v) is 8.83. The van der Waals surface area contributed by atoms with Gasteiger partial charge in [-0.15, -0.1) is 11.6 Å². The van der Waals surface area contributed by atoms with Crippen molar-refractivity contribution in [3.05, 3.63) is 35.4 Å². The maximum atomic E-state index is 10.0. The summed E-state index contributed by atoms with van der Waals surface area (Å²) in [6.07, 6.45) is 0. The molecule has 1 aromatic rings. The van der Waals surface area contributed by atoms with Crippen LogP contribution in [0.3, 0.4) is 0 Å². The van der Waals surface area contributed by atoms with Crippen molar-refractivity contribution in [3.63, 3.8) is 0 Å². The summed E-state index contributed by atoms with van der Waals surface area (Å²) in [5, 5.41) is 0. The number of hydrogen-bond acceptors (Lipinski definition) is 2. The predicted octanol–water partition coefficient (Wildman–Crippen LogP) is 2.49. The minimum atomic E-state index is 0.0856. The Bertz CT molecular complexity index is 282. The monoisotopic (exact) mass is 212 g/mol. The molecule has 0 saturated carbocycles. The number of ether oxygens (including phenoxy) is 1. The van der Waals surface area contributed by atoms with Gasteiger partial charge in [0.2, 0.25) is 0 Å². The molecule has 0 amide bonds. The molecule has 0 aromatic heterocycles. The van der Waals surface area contributed by atoms with Gasteiger partial charge in [0.25, 0.3) is 6.47 Å². The fourth-order valence-electron chi connectivity index (χ4n) is 1.22. The van der Waals surface area contributed by atoms with Crippen LogP contribution in [0.15, 0.2) is 24.3 Å². The molecule has 0 bridgehead atoms. The lowest BCUT2D eigenvalue weighted by atomic mass is 10.0. The van der Waals surface area contributed by atoms with Crippen LogP contribution in [0.25, 0.3) is 0 Å². The number of rotatable bonds is 5. The molecule has 1 atom stereocenters. The van der Waals surface area contributed by atoms with Crippen LogP contribution in [0, 0.1) is 6.92 Å². The first-order chi connectivity index (χ1) is 6.77. The van der Waals surface area contributed by atoms with Crippen molar-refractivity contribution in [1.82, 2.24) is 0 Å². The van der Waals surface area contributed by atoms with Gasteiger partial charge in [-0.1, -0.05) is 29.8 Å². The molecular weight excluding hydrogens is 200 g/mol. The van der Waals surface area contributed by atoms with Crippen molar-refractivity contribution in [1.29, 1.82) is 0 Å². The number of benzene rings is 1. The number of halogens is 1. The Balaban J connectivity index is 2.68. The van der Waals surface area contributed by atoms with Crippen molar-refractivity contribution >= 4 is 18.1 Å². The lowest BCUT2D eigenvalue weighted by molar-refractivity contribution is -0.129. The molecular formula is C11H13ClO2. The van der Waals surface area contributed by atoms with Gasteiger partial charge < -0.3 is 4.74 Å². The molecule has 76 valence electrons. The molecule has 14 heavy (non-hydrogen) atoms. The Morgan fingerprint density at radius 3 is 2.57 bits per heavy atom. The highest BCUT2D eigenvalue weighted by molar-refractivity contribution is 6.18. The van der Waals surface area contributed by atoms with E-state index in [2.05, 4.69) is 0 Å². The molecule has 0 spiro atoms. The van der Waals surface area contributed by atoms with Gasteiger partial charge in [0, 0.05) is 11.8 Å². The second kappa shape index (κ2) is 5.66. The van der Waals surface area contributed by atoms with E-state index in [9.17, 15) is 4.79 Å². The molecule has 0 N–H and O–H groups in total. The van der Waals surface area contributed by atoms with E-state index in [1.165, 1.54) is 5.56 Å². The molecule has 0 aliphatic rings. The molecule has 0 saturated heterocycles. The summed E-state index contributed by atoms with van der Waals surface area (Å²) in [5.74, 6) is 0.541. The van der Waals surface area contributed by atoms with Crippen molar-refractivity contribution in [3.8, 4) is 0 Å². The molecule has 0 aliphatic heterocycles. The number of alkyl halides is 1. The summed E-state index contributed by atoms with van der Waals surface area (Å²) >= 11 is 5.78. The first-order valence-electron chi connectivity index (χ1n) is 4.45. The lowest BCUT2D eigenvalue weighted by Crippen LogP contribution is -2.08. The van der Waals surface area contributed by atoms with E-state index >= 15 is 0 Å². The quantitative estimate of drug-likeness (QED) is 0.554. The maximum Gasteiger partial charge on any atom is 0.293 e. The van der Waals surface area contributed by atoms with Gasteiger partial charge in [0.15, 0.2) is 0 Å². The normalized spacial score (nSPS) is 12.1. The number of carbonyl (C=O) groups is 1. The zero-order chi connectivity index (χ0) is 10.4. The van der Waals surface area contributed by atoms with Crippen LogP contribution in [0.5, 0.6) is 0 Å². The van der Waals surface area contributed by atoms with Gasteiger partial charge in [-0.3, -0.25) is 4.79 Å². The number of aryl methyl sites for hydroxylation is 1. The van der Waals surface area contributed by atoms with Gasteiger partial charge in [0.1, 0.15) is 0 Å². The van der Waals surface area contributed by atoms with Gasteiger partial charge >= 0.3 is 0 Å². The summed E-state index contributed by atoms with van der Waals surface area (Å²) in [5.41, 5.74) is 2.31. The van der Waals surface area contributed by atoms with Gasteiger partial charge in [-0.2, -0.15) is 0 Å². The summed E-state index contributed by atoms with van der Waals surface area (Å²) in [4.78, 5) is 10.0.